The number of carbonyl (C=O) groups is 1. The van der Waals surface area contributed by atoms with E-state index in [1.807, 2.05) is 0 Å². The number of aliphatic carboxylic acids is 1. The number of nitrogens with zero attached hydrogens (tertiary/aromatic N) is 1. The minimum atomic E-state index is -0.968. The van der Waals surface area contributed by atoms with Gasteiger partial charge in [-0.25, -0.2) is 0 Å². The van der Waals surface area contributed by atoms with E-state index < -0.39 is 5.97 Å². The maximum atomic E-state index is 11.1. The third-order valence-corrected chi connectivity index (χ3v) is 4.67. The van der Waals surface area contributed by atoms with E-state index in [9.17, 15) is 9.90 Å². The smallest absolute Gasteiger partial charge is 0.549 e. The molecule has 0 saturated heterocycles. The maximum absolute atomic E-state index is 11.1. The van der Waals surface area contributed by atoms with Gasteiger partial charge in [0.2, 0.25) is 0 Å². The number of hydrogen-bond donors (Lipinski definition) is 0. The van der Waals surface area contributed by atoms with Crippen LogP contribution in [0, 0.1) is 0 Å². The minimum Gasteiger partial charge on any atom is -0.549 e. The average Bonchev–Trinajstić information content (AvgIpc) is 2.58. The van der Waals surface area contributed by atoms with Crippen LogP contribution in [0.15, 0.2) is 24.3 Å². The first-order valence-corrected chi connectivity index (χ1v) is 10.3. The van der Waals surface area contributed by atoms with Crippen molar-refractivity contribution < 1.29 is 61.3 Å². The van der Waals surface area contributed by atoms with Crippen molar-refractivity contribution >= 4 is 5.97 Å². The molecule has 26 heavy (non-hydrogen) atoms. The Balaban J connectivity index is 0. The standard InChI is InChI=1S/C22H41NO2.K/c1-5-7-9-11-13-15-17-20(3)23(19-22(24)25)21(4)18-16-14-12-10-8-6-2;/h9-12,20-21H,5-8,13-19H2,1-4H3,(H,24,25);/q;+1/p-1/b11-9+,12-10+;. The van der Waals surface area contributed by atoms with Crippen LogP contribution in [0.2, 0.25) is 0 Å². The molecule has 0 bridgehead atoms. The van der Waals surface area contributed by atoms with Crippen LogP contribution < -0.4 is 56.5 Å². The van der Waals surface area contributed by atoms with Crippen LogP contribution in [0.3, 0.4) is 0 Å². The fourth-order valence-electron chi connectivity index (χ4n) is 3.09. The van der Waals surface area contributed by atoms with Crippen molar-refractivity contribution in [1.82, 2.24) is 4.90 Å². The fourth-order valence-corrected chi connectivity index (χ4v) is 3.09. The second-order valence-electron chi connectivity index (χ2n) is 7.12. The molecule has 0 aromatic carbocycles. The third kappa shape index (κ3) is 16.7. The van der Waals surface area contributed by atoms with Crippen molar-refractivity contribution in [2.45, 2.75) is 104 Å². The van der Waals surface area contributed by atoms with Gasteiger partial charge in [-0.3, -0.25) is 4.90 Å². The Hall–Kier alpha value is 0.546. The Morgan fingerprint density at radius 1 is 0.846 bits per heavy atom. The van der Waals surface area contributed by atoms with Gasteiger partial charge in [-0.2, -0.15) is 0 Å². The Morgan fingerprint density at radius 2 is 1.23 bits per heavy atom. The summed E-state index contributed by atoms with van der Waals surface area (Å²) in [6.45, 7) is 8.71. The number of allylic oxidation sites excluding steroid dienone is 4. The Morgan fingerprint density at radius 3 is 1.58 bits per heavy atom. The van der Waals surface area contributed by atoms with Crippen molar-refractivity contribution in [1.29, 1.82) is 0 Å². The Kier molecular flexibility index (Phi) is 22.4. The van der Waals surface area contributed by atoms with E-state index in [1.165, 1.54) is 12.8 Å². The molecule has 0 aliphatic heterocycles. The van der Waals surface area contributed by atoms with E-state index in [0.717, 1.165) is 51.4 Å². The van der Waals surface area contributed by atoms with E-state index in [0.29, 0.717) is 0 Å². The second kappa shape index (κ2) is 20.3. The summed E-state index contributed by atoms with van der Waals surface area (Å²) in [7, 11) is 0. The number of rotatable bonds is 16. The van der Waals surface area contributed by atoms with Crippen LogP contribution in [0.5, 0.6) is 0 Å². The molecule has 0 aromatic rings. The van der Waals surface area contributed by atoms with Crippen LogP contribution in [0.25, 0.3) is 0 Å². The van der Waals surface area contributed by atoms with Crippen molar-refractivity contribution in [3.05, 3.63) is 24.3 Å². The molecular weight excluding hydrogens is 349 g/mol. The van der Waals surface area contributed by atoms with E-state index in [4.69, 9.17) is 0 Å². The molecule has 0 aliphatic carbocycles. The van der Waals surface area contributed by atoms with Crippen molar-refractivity contribution in [3.63, 3.8) is 0 Å². The number of carboxylic acid groups (broad SMARTS) is 1. The molecule has 0 amide bonds. The summed E-state index contributed by atoms with van der Waals surface area (Å²) in [5, 5.41) is 11.1. The quantitative estimate of drug-likeness (QED) is 0.230. The molecule has 0 radical (unpaired) electrons. The molecule has 2 atom stereocenters. The summed E-state index contributed by atoms with van der Waals surface area (Å²) in [5.41, 5.74) is 0. The van der Waals surface area contributed by atoms with Crippen LogP contribution >= 0.6 is 0 Å². The van der Waals surface area contributed by atoms with Gasteiger partial charge in [-0.05, 0) is 65.2 Å². The predicted octanol–water partition coefficient (Wildman–Crippen LogP) is 1.87. The SMILES string of the molecule is CCC/C=C/CCCC(C)N(CC(=O)[O-])C(C)CCC/C=C/CCC.[K+]. The number of unbranched alkanes of at least 4 members (excludes halogenated alkanes) is 4. The van der Waals surface area contributed by atoms with Gasteiger partial charge < -0.3 is 9.90 Å². The molecule has 0 rings (SSSR count). The first-order chi connectivity index (χ1) is 12.0. The molecular formula is C22H40KNO2. The van der Waals surface area contributed by atoms with E-state index >= 15 is 0 Å². The zero-order valence-electron chi connectivity index (χ0n) is 18.0. The molecule has 0 heterocycles. The van der Waals surface area contributed by atoms with Crippen LogP contribution in [-0.4, -0.2) is 29.5 Å². The van der Waals surface area contributed by atoms with Crippen LogP contribution in [0.4, 0.5) is 0 Å². The van der Waals surface area contributed by atoms with E-state index in [2.05, 4.69) is 56.9 Å². The molecule has 0 aliphatic rings. The van der Waals surface area contributed by atoms with Gasteiger partial charge in [0.25, 0.3) is 0 Å². The van der Waals surface area contributed by atoms with E-state index in [-0.39, 0.29) is 70.0 Å². The summed E-state index contributed by atoms with van der Waals surface area (Å²) in [5.74, 6) is -0.968. The van der Waals surface area contributed by atoms with Crippen molar-refractivity contribution in [2.24, 2.45) is 0 Å². The molecule has 0 spiro atoms. The second-order valence-corrected chi connectivity index (χ2v) is 7.12. The Bertz CT molecular complexity index is 354. The van der Waals surface area contributed by atoms with Gasteiger partial charge in [-0.1, -0.05) is 51.0 Å². The Labute approximate surface area is 205 Å². The molecule has 0 aromatic heterocycles. The van der Waals surface area contributed by atoms with Crippen LogP contribution in [0.1, 0.15) is 91.9 Å². The summed E-state index contributed by atoms with van der Waals surface area (Å²) < 4.78 is 0. The number of carboxylic acids is 1. The van der Waals surface area contributed by atoms with Crippen molar-refractivity contribution in [2.75, 3.05) is 6.54 Å². The summed E-state index contributed by atoms with van der Waals surface area (Å²) >= 11 is 0. The maximum Gasteiger partial charge on any atom is 1.00 e. The monoisotopic (exact) mass is 389 g/mol. The summed E-state index contributed by atoms with van der Waals surface area (Å²) in [6.07, 6.45) is 20.1. The normalized spacial score (nSPS) is 14.0. The van der Waals surface area contributed by atoms with Gasteiger partial charge >= 0.3 is 51.4 Å². The van der Waals surface area contributed by atoms with Gasteiger partial charge in [-0.15, -0.1) is 0 Å². The molecule has 0 N–H and O–H groups in total. The van der Waals surface area contributed by atoms with Gasteiger partial charge in [0.15, 0.2) is 0 Å². The molecule has 2 unspecified atom stereocenters. The summed E-state index contributed by atoms with van der Waals surface area (Å²) in [6, 6.07) is 0.561. The van der Waals surface area contributed by atoms with Crippen LogP contribution in [-0.2, 0) is 4.79 Å². The predicted molar refractivity (Wildman–Crippen MR) is 106 cm³/mol. The van der Waals surface area contributed by atoms with E-state index in [1.54, 1.807) is 0 Å². The summed E-state index contributed by atoms with van der Waals surface area (Å²) in [4.78, 5) is 13.3. The average molecular weight is 390 g/mol. The zero-order chi connectivity index (χ0) is 18.9. The number of carbonyl (C=O) groups excluding carboxylic acids is 1. The molecule has 0 saturated carbocycles. The number of hydrogen-bond acceptors (Lipinski definition) is 3. The first kappa shape index (κ1) is 28.8. The molecule has 3 nitrogen and oxygen atoms in total. The third-order valence-electron chi connectivity index (χ3n) is 4.67. The fraction of sp³-hybridized carbons (Fsp3) is 0.773. The zero-order valence-corrected chi connectivity index (χ0v) is 21.1. The topological polar surface area (TPSA) is 43.4 Å². The molecule has 146 valence electrons. The van der Waals surface area contributed by atoms with Crippen molar-refractivity contribution in [3.8, 4) is 0 Å². The van der Waals surface area contributed by atoms with Gasteiger partial charge in [0, 0.05) is 18.6 Å². The molecule has 4 heteroatoms. The minimum absolute atomic E-state index is 0. The van der Waals surface area contributed by atoms with Gasteiger partial charge in [0.1, 0.15) is 0 Å². The first-order valence-electron chi connectivity index (χ1n) is 10.3. The van der Waals surface area contributed by atoms with Gasteiger partial charge in [0.05, 0.1) is 5.97 Å². The largest absolute Gasteiger partial charge is 1.00 e. The molecule has 0 fully saturated rings.